The van der Waals surface area contributed by atoms with Crippen molar-refractivity contribution in [2.24, 2.45) is 4.99 Å². The lowest BCUT2D eigenvalue weighted by atomic mass is 9.87. The first kappa shape index (κ1) is 21.9. The van der Waals surface area contributed by atoms with Crippen LogP contribution >= 0.6 is 0 Å². The maximum atomic E-state index is 12.6. The maximum Gasteiger partial charge on any atom is 0.214 e. The fourth-order valence-corrected chi connectivity index (χ4v) is 3.74. The molecule has 8 heteroatoms. The number of hydrogen-bond donors (Lipinski definition) is 2. The normalized spacial score (nSPS) is 12.9. The second kappa shape index (κ2) is 8.77. The molecular weight excluding hydrogens is 376 g/mol. The Kier molecular flexibility index (Phi) is 6.87. The Bertz CT molecular complexity index is 904. The van der Waals surface area contributed by atoms with E-state index in [1.807, 2.05) is 26.0 Å². The highest BCUT2D eigenvalue weighted by Crippen LogP contribution is 2.23. The van der Waals surface area contributed by atoms with Gasteiger partial charge in [0, 0.05) is 13.6 Å². The van der Waals surface area contributed by atoms with Crippen molar-refractivity contribution in [2.75, 3.05) is 19.3 Å². The molecule has 0 saturated carbocycles. The van der Waals surface area contributed by atoms with E-state index in [2.05, 4.69) is 41.4 Å². The topological polar surface area (TPSA) is 96.6 Å². The second-order valence-electron chi connectivity index (χ2n) is 7.69. The summed E-state index contributed by atoms with van der Waals surface area (Å²) in [6.45, 7) is 10.6. The van der Waals surface area contributed by atoms with E-state index < -0.39 is 9.84 Å². The second-order valence-corrected chi connectivity index (χ2v) is 9.80. The van der Waals surface area contributed by atoms with Gasteiger partial charge in [0.15, 0.2) is 15.8 Å². The molecule has 0 saturated heterocycles. The Morgan fingerprint density at radius 1 is 1.14 bits per heavy atom. The van der Waals surface area contributed by atoms with Gasteiger partial charge in [0.1, 0.15) is 5.76 Å². The number of aliphatic imine (C=N–C) groups is 1. The van der Waals surface area contributed by atoms with Crippen molar-refractivity contribution in [1.29, 1.82) is 0 Å². The van der Waals surface area contributed by atoms with Crippen LogP contribution in [0.4, 0.5) is 0 Å². The number of oxazole rings is 1. The number of nitrogens with one attached hydrogen (secondary N) is 2. The average Bonchev–Trinajstić information content (AvgIpc) is 2.95. The first-order valence-corrected chi connectivity index (χ1v) is 10.9. The molecule has 0 aliphatic carbocycles. The predicted molar refractivity (Wildman–Crippen MR) is 111 cm³/mol. The van der Waals surface area contributed by atoms with Crippen LogP contribution in [0.15, 0.2) is 38.6 Å². The Morgan fingerprint density at radius 3 is 2.29 bits per heavy atom. The molecule has 1 aromatic heterocycles. The number of aromatic nitrogens is 1. The standard InChI is InChI=1S/C20H30N4O3S/c1-14-15(2)27-18(24-14)13-23-19(21-6)22-11-12-28(25,26)17-9-7-16(8-10-17)20(3,4)5/h7-10H,11-13H2,1-6H3,(H2,21,22,23). The highest BCUT2D eigenvalue weighted by molar-refractivity contribution is 7.91. The monoisotopic (exact) mass is 406 g/mol. The molecule has 7 nitrogen and oxygen atoms in total. The number of sulfone groups is 1. The lowest BCUT2D eigenvalue weighted by Crippen LogP contribution is -2.39. The molecule has 2 aromatic rings. The van der Waals surface area contributed by atoms with Gasteiger partial charge < -0.3 is 15.1 Å². The quantitative estimate of drug-likeness (QED) is 0.566. The first-order chi connectivity index (χ1) is 13.0. The maximum absolute atomic E-state index is 12.6. The van der Waals surface area contributed by atoms with Crippen LogP contribution in [0.2, 0.25) is 0 Å². The van der Waals surface area contributed by atoms with Crippen LogP contribution in [0, 0.1) is 13.8 Å². The molecule has 28 heavy (non-hydrogen) atoms. The van der Waals surface area contributed by atoms with Crippen LogP contribution in [0.1, 0.15) is 43.7 Å². The summed E-state index contributed by atoms with van der Waals surface area (Å²) in [5, 5.41) is 6.08. The summed E-state index contributed by atoms with van der Waals surface area (Å²) >= 11 is 0. The third-order valence-electron chi connectivity index (χ3n) is 4.45. The molecule has 0 spiro atoms. The van der Waals surface area contributed by atoms with Crippen molar-refractivity contribution in [2.45, 2.75) is 51.5 Å². The van der Waals surface area contributed by atoms with Gasteiger partial charge in [-0.2, -0.15) is 0 Å². The molecule has 0 amide bonds. The van der Waals surface area contributed by atoms with E-state index in [1.165, 1.54) is 0 Å². The van der Waals surface area contributed by atoms with Gasteiger partial charge in [-0.1, -0.05) is 32.9 Å². The molecule has 2 rings (SSSR count). The minimum Gasteiger partial charge on any atom is -0.444 e. The largest absolute Gasteiger partial charge is 0.444 e. The van der Waals surface area contributed by atoms with Crippen LogP contribution < -0.4 is 10.6 Å². The summed E-state index contributed by atoms with van der Waals surface area (Å²) in [5.41, 5.74) is 1.94. The summed E-state index contributed by atoms with van der Waals surface area (Å²) in [7, 11) is -1.75. The van der Waals surface area contributed by atoms with Gasteiger partial charge in [0.05, 0.1) is 22.9 Å². The van der Waals surface area contributed by atoms with E-state index >= 15 is 0 Å². The number of nitrogens with zero attached hydrogens (tertiary/aromatic N) is 2. The van der Waals surface area contributed by atoms with E-state index in [0.717, 1.165) is 17.0 Å². The Labute approximate surface area is 167 Å². The van der Waals surface area contributed by atoms with Crippen LogP contribution in [-0.4, -0.2) is 38.7 Å². The van der Waals surface area contributed by atoms with Gasteiger partial charge in [-0.25, -0.2) is 13.4 Å². The van der Waals surface area contributed by atoms with Gasteiger partial charge in [-0.15, -0.1) is 0 Å². The van der Waals surface area contributed by atoms with Crippen molar-refractivity contribution in [3.05, 3.63) is 47.2 Å². The van der Waals surface area contributed by atoms with Crippen LogP contribution in [-0.2, 0) is 21.8 Å². The minimum absolute atomic E-state index is 0.0120. The van der Waals surface area contributed by atoms with Crippen molar-refractivity contribution >= 4 is 15.8 Å². The van der Waals surface area contributed by atoms with E-state index in [9.17, 15) is 8.42 Å². The van der Waals surface area contributed by atoms with Gasteiger partial charge in [-0.3, -0.25) is 4.99 Å². The molecule has 2 N–H and O–H groups in total. The fraction of sp³-hybridized carbons (Fsp3) is 0.500. The van der Waals surface area contributed by atoms with Crippen LogP contribution in [0.3, 0.4) is 0 Å². The number of hydrogen-bond acceptors (Lipinski definition) is 5. The van der Waals surface area contributed by atoms with Crippen LogP contribution in [0.5, 0.6) is 0 Å². The zero-order valence-electron chi connectivity index (χ0n) is 17.5. The van der Waals surface area contributed by atoms with Crippen molar-refractivity contribution in [1.82, 2.24) is 15.6 Å². The lowest BCUT2D eigenvalue weighted by Gasteiger charge is -2.19. The molecular formula is C20H30N4O3S. The van der Waals surface area contributed by atoms with Gasteiger partial charge in [0.25, 0.3) is 0 Å². The Hall–Kier alpha value is -2.35. The third-order valence-corrected chi connectivity index (χ3v) is 6.18. The van der Waals surface area contributed by atoms with E-state index in [4.69, 9.17) is 4.42 Å². The molecule has 0 radical (unpaired) electrons. The number of rotatable bonds is 6. The summed E-state index contributed by atoms with van der Waals surface area (Å²) in [4.78, 5) is 8.72. The number of guanidine groups is 1. The average molecular weight is 407 g/mol. The van der Waals surface area contributed by atoms with Gasteiger partial charge >= 0.3 is 0 Å². The van der Waals surface area contributed by atoms with Crippen molar-refractivity contribution < 1.29 is 12.8 Å². The number of benzene rings is 1. The van der Waals surface area contributed by atoms with Crippen LogP contribution in [0.25, 0.3) is 0 Å². The molecule has 0 unspecified atom stereocenters. The van der Waals surface area contributed by atoms with Gasteiger partial charge in [-0.05, 0) is 37.0 Å². The molecule has 1 aromatic carbocycles. The molecule has 0 atom stereocenters. The Morgan fingerprint density at radius 2 is 1.79 bits per heavy atom. The molecule has 0 fully saturated rings. The smallest absolute Gasteiger partial charge is 0.214 e. The van der Waals surface area contributed by atoms with E-state index in [-0.39, 0.29) is 17.7 Å². The fourth-order valence-electron chi connectivity index (χ4n) is 2.58. The molecule has 154 valence electrons. The van der Waals surface area contributed by atoms with E-state index in [1.54, 1.807) is 19.2 Å². The highest BCUT2D eigenvalue weighted by atomic mass is 32.2. The highest BCUT2D eigenvalue weighted by Gasteiger charge is 2.18. The number of aryl methyl sites for hydroxylation is 2. The van der Waals surface area contributed by atoms with E-state index in [0.29, 0.717) is 23.3 Å². The summed E-state index contributed by atoms with van der Waals surface area (Å²) in [5.74, 6) is 1.80. The van der Waals surface area contributed by atoms with Gasteiger partial charge in [0.2, 0.25) is 5.89 Å². The summed E-state index contributed by atoms with van der Waals surface area (Å²) in [6, 6.07) is 7.11. The molecule has 1 heterocycles. The SMILES string of the molecule is CN=C(NCCS(=O)(=O)c1ccc(C(C)(C)C)cc1)NCc1nc(C)c(C)o1. The Balaban J connectivity index is 1.89. The van der Waals surface area contributed by atoms with Crippen molar-refractivity contribution in [3.8, 4) is 0 Å². The zero-order valence-corrected chi connectivity index (χ0v) is 18.3. The predicted octanol–water partition coefficient (Wildman–Crippen LogP) is 2.73. The first-order valence-electron chi connectivity index (χ1n) is 9.23. The summed E-state index contributed by atoms with van der Waals surface area (Å²) in [6.07, 6.45) is 0. The molecule has 0 aliphatic rings. The van der Waals surface area contributed by atoms with Crippen molar-refractivity contribution in [3.63, 3.8) is 0 Å². The summed E-state index contributed by atoms with van der Waals surface area (Å²) < 4.78 is 30.6. The zero-order chi connectivity index (χ0) is 20.9. The minimum atomic E-state index is -3.37. The third kappa shape index (κ3) is 5.82. The molecule has 0 aliphatic heterocycles. The lowest BCUT2D eigenvalue weighted by molar-refractivity contribution is 0.464. The molecule has 0 bridgehead atoms.